The van der Waals surface area contributed by atoms with Gasteiger partial charge < -0.3 is 48.6 Å². The van der Waals surface area contributed by atoms with Gasteiger partial charge in [0, 0.05) is 77.0 Å². The Bertz CT molecular complexity index is 3760. The molecule has 94 heavy (non-hydrogen) atoms. The third-order valence-electron chi connectivity index (χ3n) is 13.0. The largest absolute Gasteiger partial charge is 0.493 e. The number of carbonyl (C=O) groups is 2. The molecule has 0 aliphatic carbocycles. The Morgan fingerprint density at radius 3 is 1.38 bits per heavy atom. The highest BCUT2D eigenvalue weighted by Gasteiger charge is 2.40. The van der Waals surface area contributed by atoms with E-state index in [9.17, 15) is 49.1 Å². The molecule has 3 aromatic carbocycles. The summed E-state index contributed by atoms with van der Waals surface area (Å²) in [5, 5.41) is 22.5. The number of halogens is 10. The number of amides is 3. The second-order valence-corrected chi connectivity index (χ2v) is 20.0. The summed E-state index contributed by atoms with van der Waals surface area (Å²) in [6.45, 7) is 9.96. The second-order valence-electron chi connectivity index (χ2n) is 20.0. The maximum atomic E-state index is 13.1. The number of fused-ring (bicyclic) bond motifs is 3. The van der Waals surface area contributed by atoms with Gasteiger partial charge in [0.1, 0.15) is 35.2 Å². The molecule has 0 aliphatic rings. The van der Waals surface area contributed by atoms with Crippen LogP contribution in [0.2, 0.25) is 0 Å². The van der Waals surface area contributed by atoms with Crippen molar-refractivity contribution in [3.05, 3.63) is 138 Å². The number of urea groups is 1. The molecule has 31 heteroatoms. The predicted octanol–water partition coefficient (Wildman–Crippen LogP) is 15.5. The number of pyridine rings is 2. The number of hydrogen-bond donors (Lipinski definition) is 3. The van der Waals surface area contributed by atoms with Crippen molar-refractivity contribution in [1.29, 1.82) is 5.26 Å². The van der Waals surface area contributed by atoms with Gasteiger partial charge in [-0.05, 0) is 118 Å². The van der Waals surface area contributed by atoms with Crippen molar-refractivity contribution in [3.63, 3.8) is 0 Å². The van der Waals surface area contributed by atoms with Gasteiger partial charge in [-0.2, -0.15) is 44.8 Å². The summed E-state index contributed by atoms with van der Waals surface area (Å²) < 4.78 is 157. The van der Waals surface area contributed by atoms with Crippen LogP contribution >= 0.6 is 22.6 Å². The van der Waals surface area contributed by atoms with Crippen LogP contribution in [-0.2, 0) is 37.8 Å². The van der Waals surface area contributed by atoms with E-state index >= 15 is 0 Å². The lowest BCUT2D eigenvalue weighted by atomic mass is 10.0. The molecular weight excluding hydrogens is 1360 g/mol. The fourth-order valence-electron chi connectivity index (χ4n) is 8.79. The van der Waals surface area contributed by atoms with Crippen molar-refractivity contribution in [1.82, 2.24) is 50.1 Å². The SMILES string of the molecule is CC#N.CCCc1c(OCCCN(C)C(=O)Nc2ccccn2)ccc2c(C(F)(F)F)noc12.CCCc1c(OCCCN(C)C(=O)n2ccnc2)ccc2c(C(F)(F)F)noc12.CCCc1c(OCCCNC)ccc2c(C(F)(F)F)noc12.Nc1ccccn1.[2H]CI. The lowest BCUT2D eigenvalue weighted by Crippen LogP contribution is -2.33. The average molecular weight is 1440 g/mol. The van der Waals surface area contributed by atoms with Gasteiger partial charge in [-0.25, -0.2) is 24.5 Å². The Balaban J connectivity index is 0.000000279. The van der Waals surface area contributed by atoms with E-state index in [-0.39, 0.29) is 51.6 Å². The summed E-state index contributed by atoms with van der Waals surface area (Å²) >= 11 is 1.96. The van der Waals surface area contributed by atoms with Crippen molar-refractivity contribution in [3.8, 4) is 23.3 Å². The van der Waals surface area contributed by atoms with Crippen molar-refractivity contribution < 1.29 is 78.3 Å². The van der Waals surface area contributed by atoms with Gasteiger partial charge in [-0.1, -0.05) is 90.2 Å². The maximum Gasteiger partial charge on any atom is 0.437 e. The zero-order valence-corrected chi connectivity index (χ0v) is 54.9. The smallest absolute Gasteiger partial charge is 0.437 e. The quantitative estimate of drug-likeness (QED) is 0.0246. The van der Waals surface area contributed by atoms with Crippen molar-refractivity contribution in [2.45, 2.75) is 104 Å². The van der Waals surface area contributed by atoms with Crippen LogP contribution < -0.4 is 30.6 Å². The second kappa shape index (κ2) is 38.9. The van der Waals surface area contributed by atoms with E-state index < -0.39 is 35.6 Å². The van der Waals surface area contributed by atoms with E-state index in [1.807, 2.05) is 62.5 Å². The Morgan fingerprint density at radius 1 is 0.649 bits per heavy atom. The number of nitrogens with two attached hydrogens (primary N) is 1. The normalized spacial score (nSPS) is 11.2. The number of aryl methyl sites for hydroxylation is 3. The fraction of sp³-hybridized carbons (Fsp3) is 0.413. The lowest BCUT2D eigenvalue weighted by Gasteiger charge is -2.18. The molecule has 0 saturated heterocycles. The van der Waals surface area contributed by atoms with Gasteiger partial charge in [0.2, 0.25) is 0 Å². The van der Waals surface area contributed by atoms with Crippen LogP contribution in [0, 0.1) is 11.3 Å². The van der Waals surface area contributed by atoms with E-state index in [4.69, 9.17) is 40.1 Å². The third-order valence-corrected chi connectivity index (χ3v) is 13.0. The van der Waals surface area contributed by atoms with E-state index in [0.717, 1.165) is 19.4 Å². The molecule has 0 spiro atoms. The predicted molar refractivity (Wildman–Crippen MR) is 345 cm³/mol. The van der Waals surface area contributed by atoms with E-state index in [1.54, 1.807) is 69.1 Å². The van der Waals surface area contributed by atoms with Crippen LogP contribution in [-0.4, -0.2) is 122 Å². The molecule has 0 unspecified atom stereocenters. The third kappa shape index (κ3) is 23.3. The summed E-state index contributed by atoms with van der Waals surface area (Å²) in [6.07, 6.45) is -0.303. The van der Waals surface area contributed by atoms with E-state index in [0.29, 0.717) is 122 Å². The molecule has 6 aromatic heterocycles. The van der Waals surface area contributed by atoms with E-state index in [2.05, 4.69) is 41.1 Å². The van der Waals surface area contributed by atoms with Crippen molar-refractivity contribution in [2.24, 2.45) is 0 Å². The number of hydrogen-bond acceptors (Lipinski definition) is 17. The number of rotatable bonds is 22. The maximum absolute atomic E-state index is 13.1. The molecule has 6 heterocycles. The van der Waals surface area contributed by atoms with Gasteiger partial charge in [0.25, 0.3) is 0 Å². The zero-order chi connectivity index (χ0) is 70.1. The summed E-state index contributed by atoms with van der Waals surface area (Å²) in [5.41, 5.74) is 4.33. The van der Waals surface area contributed by atoms with Crippen LogP contribution in [0.5, 0.6) is 17.2 Å². The number of anilines is 2. The number of alkyl halides is 10. The monoisotopic (exact) mass is 1440 g/mol. The van der Waals surface area contributed by atoms with Crippen molar-refractivity contribution in [2.75, 3.05) is 76.6 Å². The molecule has 4 N–H and O–H groups in total. The molecule has 0 radical (unpaired) electrons. The minimum atomic E-state index is -4.59. The highest BCUT2D eigenvalue weighted by atomic mass is 127. The van der Waals surface area contributed by atoms with Crippen LogP contribution in [0.1, 0.15) is 101 Å². The summed E-state index contributed by atoms with van der Waals surface area (Å²) in [6, 6.07) is 20.5. The number of nitriles is 1. The summed E-state index contributed by atoms with van der Waals surface area (Å²) in [5.74, 6) is 2.52. The first-order valence-electron chi connectivity index (χ1n) is 30.0. The summed E-state index contributed by atoms with van der Waals surface area (Å²) in [7, 11) is 5.17. The molecular formula is C63H75F9IN13O8. The highest BCUT2D eigenvalue weighted by molar-refractivity contribution is 14.1. The van der Waals surface area contributed by atoms with E-state index in [1.165, 1.54) is 64.1 Å². The van der Waals surface area contributed by atoms with Gasteiger partial charge in [-0.15, -0.1) is 0 Å². The Labute approximate surface area is 552 Å². The van der Waals surface area contributed by atoms with Crippen molar-refractivity contribution >= 4 is 79.2 Å². The molecule has 0 saturated carbocycles. The number of aromatic nitrogens is 7. The number of ether oxygens (including phenoxy) is 3. The van der Waals surface area contributed by atoms with Gasteiger partial charge >= 0.3 is 30.6 Å². The Kier molecular flexibility index (Phi) is 31.4. The first-order chi connectivity index (χ1) is 45.3. The highest BCUT2D eigenvalue weighted by Crippen LogP contribution is 2.41. The molecule has 0 atom stereocenters. The molecule has 510 valence electrons. The van der Waals surface area contributed by atoms with Crippen LogP contribution in [0.15, 0.2) is 117 Å². The topological polar surface area (TPSA) is 264 Å². The van der Waals surface area contributed by atoms with Gasteiger partial charge in [-0.3, -0.25) is 9.88 Å². The van der Waals surface area contributed by atoms with Gasteiger partial charge in [0.05, 0.1) is 42.0 Å². The number of benzene rings is 3. The standard InChI is InChI=1S/C21H23F3N4O3.C19H21F3N4O3.C15H19F3N2O2.C5H6N2.C2H3N.CH3I/c1-3-7-14-16(10-9-15-18(14)31-27-19(15)21(22,23)24)30-13-6-12-28(2)20(29)26-17-8-4-5-11-25-17;1-3-5-13-15(7-6-14-16(13)29-24-17(14)19(20,21)22)28-11-4-9-25(2)18(27)26-10-8-23-12-26;1-3-5-10-12(21-9-4-8-19-2)7-6-11-13(10)22-20-14(11)15(16,17)18;6-5-3-1-2-4-7-5;1-2-3;1-2/h4-5,8-11H,3,6-7,12-13H2,1-2H3,(H,25,26,29);6-8,10,12H,3-5,9,11H2,1-2H3;6-7,19H,3-5,8-9H2,1-2H3;1-4H,(H2,6,7);1H3;1H3/i;;;;;1D. The van der Waals surface area contributed by atoms with Crippen LogP contribution in [0.4, 0.5) is 60.7 Å². The first kappa shape index (κ1) is 75.8. The molecule has 0 fully saturated rings. The number of nitrogens with zero attached hydrogens (tertiary/aromatic N) is 10. The number of carbonyl (C=O) groups excluding carboxylic acids is 2. The minimum absolute atomic E-state index is 0.0153. The number of nitrogen functional groups attached to an aromatic ring is 1. The molecule has 3 amide bonds. The van der Waals surface area contributed by atoms with Crippen LogP contribution in [0.25, 0.3) is 32.9 Å². The molecule has 0 bridgehead atoms. The zero-order valence-electron chi connectivity index (χ0n) is 53.7. The Hall–Kier alpha value is -8.93. The molecule has 21 nitrogen and oxygen atoms in total. The van der Waals surface area contributed by atoms with Gasteiger partial charge in [0.15, 0.2) is 33.8 Å². The average Bonchev–Trinajstić information content (AvgIpc) is 1.68. The fourth-order valence-corrected chi connectivity index (χ4v) is 8.79. The Morgan fingerprint density at radius 2 is 1.05 bits per heavy atom. The number of imidazole rings is 1. The minimum Gasteiger partial charge on any atom is -0.493 e. The first-order valence-corrected chi connectivity index (χ1v) is 30.8. The number of nitrogens with one attached hydrogen (secondary N) is 2. The van der Waals surface area contributed by atoms with Crippen LogP contribution in [0.3, 0.4) is 0 Å². The molecule has 9 aromatic rings. The molecule has 0 aliphatic heterocycles. The summed E-state index contributed by atoms with van der Waals surface area (Å²) in [4.78, 5) is 39.4. The lowest BCUT2D eigenvalue weighted by molar-refractivity contribution is -0.142. The molecule has 9 rings (SSSR count).